The minimum absolute atomic E-state index is 0.203. The molecular formula is C26H30N2O. The summed E-state index contributed by atoms with van der Waals surface area (Å²) in [6.07, 6.45) is 8.36. The van der Waals surface area contributed by atoms with E-state index >= 15 is 0 Å². The average molecular weight is 387 g/mol. The summed E-state index contributed by atoms with van der Waals surface area (Å²) in [6, 6.07) is 16.8. The van der Waals surface area contributed by atoms with Crippen LogP contribution in [0.2, 0.25) is 0 Å². The van der Waals surface area contributed by atoms with Crippen molar-refractivity contribution < 1.29 is 4.79 Å². The van der Waals surface area contributed by atoms with E-state index in [0.29, 0.717) is 5.41 Å². The summed E-state index contributed by atoms with van der Waals surface area (Å²) < 4.78 is 0. The Morgan fingerprint density at radius 2 is 1.66 bits per heavy atom. The number of carbonyl (C=O) groups excluding carboxylic acids is 1. The lowest BCUT2D eigenvalue weighted by Crippen LogP contribution is -2.52. The number of rotatable bonds is 5. The van der Waals surface area contributed by atoms with Crippen LogP contribution in [-0.4, -0.2) is 5.91 Å². The molecule has 150 valence electrons. The van der Waals surface area contributed by atoms with Crippen molar-refractivity contribution in [3.8, 4) is 0 Å². The Morgan fingerprint density at radius 1 is 1.00 bits per heavy atom. The fourth-order valence-corrected chi connectivity index (χ4v) is 6.58. The van der Waals surface area contributed by atoms with Crippen LogP contribution in [0.3, 0.4) is 0 Å². The van der Waals surface area contributed by atoms with Crippen LogP contribution in [-0.2, 0) is 10.2 Å². The van der Waals surface area contributed by atoms with Gasteiger partial charge in [0.25, 0.3) is 0 Å². The molecule has 4 fully saturated rings. The molecule has 1 amide bonds. The van der Waals surface area contributed by atoms with Crippen LogP contribution in [0.15, 0.2) is 61.2 Å². The first-order valence-electron chi connectivity index (χ1n) is 11.0. The highest BCUT2D eigenvalue weighted by molar-refractivity contribution is 6.01. The first-order chi connectivity index (χ1) is 14.1. The molecule has 3 heteroatoms. The van der Waals surface area contributed by atoms with Crippen LogP contribution in [0.4, 0.5) is 17.1 Å². The number of benzene rings is 2. The van der Waals surface area contributed by atoms with Gasteiger partial charge >= 0.3 is 0 Å². The monoisotopic (exact) mass is 386 g/mol. The first kappa shape index (κ1) is 18.5. The van der Waals surface area contributed by atoms with E-state index in [2.05, 4.69) is 48.4 Å². The van der Waals surface area contributed by atoms with Crippen molar-refractivity contribution in [2.24, 2.45) is 23.7 Å². The summed E-state index contributed by atoms with van der Waals surface area (Å²) in [4.78, 5) is 11.7. The van der Waals surface area contributed by atoms with Crippen LogP contribution in [0.1, 0.15) is 44.6 Å². The van der Waals surface area contributed by atoms with Gasteiger partial charge in [0.05, 0.1) is 11.4 Å². The van der Waals surface area contributed by atoms with Gasteiger partial charge in [-0.1, -0.05) is 37.8 Å². The Bertz CT molecular complexity index is 916. The van der Waals surface area contributed by atoms with E-state index in [9.17, 15) is 4.79 Å². The van der Waals surface area contributed by atoms with Crippen molar-refractivity contribution in [3.05, 3.63) is 66.7 Å². The second-order valence-electron chi connectivity index (χ2n) is 9.55. The number of nitrogens with one attached hydrogen (secondary N) is 2. The van der Waals surface area contributed by atoms with Gasteiger partial charge in [0.1, 0.15) is 0 Å². The van der Waals surface area contributed by atoms with E-state index < -0.39 is 0 Å². The minimum Gasteiger partial charge on any atom is -0.354 e. The molecule has 0 saturated heterocycles. The van der Waals surface area contributed by atoms with Crippen LogP contribution in [0.5, 0.6) is 0 Å². The fourth-order valence-electron chi connectivity index (χ4n) is 6.58. The summed E-state index contributed by atoms with van der Waals surface area (Å²) in [5, 5.41) is 6.33. The number of para-hydroxylation sites is 2. The molecule has 0 aromatic heterocycles. The molecule has 2 unspecified atom stereocenters. The molecule has 4 saturated carbocycles. The van der Waals surface area contributed by atoms with E-state index in [1.165, 1.54) is 43.7 Å². The van der Waals surface area contributed by atoms with E-state index in [-0.39, 0.29) is 5.91 Å². The van der Waals surface area contributed by atoms with Gasteiger partial charge in [0, 0.05) is 5.69 Å². The molecule has 29 heavy (non-hydrogen) atoms. The molecule has 2 atom stereocenters. The maximum absolute atomic E-state index is 11.7. The van der Waals surface area contributed by atoms with Gasteiger partial charge in [0.15, 0.2) is 0 Å². The minimum atomic E-state index is -0.203. The molecule has 0 spiro atoms. The second kappa shape index (κ2) is 7.05. The summed E-state index contributed by atoms with van der Waals surface area (Å²) >= 11 is 0. The largest absolute Gasteiger partial charge is 0.354 e. The van der Waals surface area contributed by atoms with Crippen molar-refractivity contribution in [1.82, 2.24) is 0 Å². The molecule has 0 aliphatic heterocycles. The number of carbonyl (C=O) groups is 1. The third kappa shape index (κ3) is 3.27. The van der Waals surface area contributed by atoms with E-state index in [4.69, 9.17) is 0 Å². The molecule has 2 N–H and O–H groups in total. The van der Waals surface area contributed by atoms with Gasteiger partial charge in [-0.3, -0.25) is 4.79 Å². The predicted octanol–water partition coefficient (Wildman–Crippen LogP) is 6.27. The van der Waals surface area contributed by atoms with Crippen molar-refractivity contribution in [2.45, 2.75) is 44.4 Å². The van der Waals surface area contributed by atoms with Crippen molar-refractivity contribution in [3.63, 3.8) is 0 Å². The zero-order chi connectivity index (χ0) is 20.0. The molecule has 0 radical (unpaired) electrons. The second-order valence-corrected chi connectivity index (χ2v) is 9.55. The van der Waals surface area contributed by atoms with E-state index in [1.807, 2.05) is 24.3 Å². The van der Waals surface area contributed by atoms with Crippen LogP contribution in [0, 0.1) is 23.7 Å². The van der Waals surface area contributed by atoms with Gasteiger partial charge in [-0.25, -0.2) is 0 Å². The molecular weight excluding hydrogens is 356 g/mol. The van der Waals surface area contributed by atoms with Crippen LogP contribution < -0.4 is 10.6 Å². The lowest BCUT2D eigenvalue weighted by atomic mass is 9.45. The maximum atomic E-state index is 11.7. The Hall–Kier alpha value is -2.55. The highest BCUT2D eigenvalue weighted by Gasteiger charge is 2.54. The molecule has 6 rings (SSSR count). The van der Waals surface area contributed by atoms with E-state index in [0.717, 1.165) is 40.7 Å². The number of hydrogen-bond donors (Lipinski definition) is 2. The Morgan fingerprint density at radius 3 is 2.31 bits per heavy atom. The van der Waals surface area contributed by atoms with Crippen molar-refractivity contribution in [1.29, 1.82) is 0 Å². The zero-order valence-corrected chi connectivity index (χ0v) is 17.2. The SMILES string of the molecule is C=CC(=O)Nc1ccccc1Nc1ccc(C23CC4CC(C2)C(C)C(C4)C3)cc1. The maximum Gasteiger partial charge on any atom is 0.247 e. The molecule has 2 aromatic carbocycles. The molecule has 4 bridgehead atoms. The van der Waals surface area contributed by atoms with Crippen molar-refractivity contribution in [2.75, 3.05) is 10.6 Å². The van der Waals surface area contributed by atoms with Gasteiger partial charge in [-0.05, 0) is 97.1 Å². The lowest BCUT2D eigenvalue weighted by Gasteiger charge is -2.60. The van der Waals surface area contributed by atoms with Crippen LogP contribution >= 0.6 is 0 Å². The Balaban J connectivity index is 1.36. The van der Waals surface area contributed by atoms with Gasteiger partial charge < -0.3 is 10.6 Å². The van der Waals surface area contributed by atoms with Gasteiger partial charge in [-0.15, -0.1) is 0 Å². The topological polar surface area (TPSA) is 41.1 Å². The normalized spacial score (nSPS) is 32.0. The summed E-state index contributed by atoms with van der Waals surface area (Å²) in [5.74, 6) is 3.52. The first-order valence-corrected chi connectivity index (χ1v) is 11.0. The van der Waals surface area contributed by atoms with Crippen molar-refractivity contribution >= 4 is 23.0 Å². The summed E-state index contributed by atoms with van der Waals surface area (Å²) in [5.41, 5.74) is 4.64. The van der Waals surface area contributed by atoms with Gasteiger partial charge in [-0.2, -0.15) is 0 Å². The summed E-state index contributed by atoms with van der Waals surface area (Å²) in [7, 11) is 0. The third-order valence-electron chi connectivity index (χ3n) is 7.89. The molecule has 4 aliphatic carbocycles. The predicted molar refractivity (Wildman–Crippen MR) is 119 cm³/mol. The summed E-state index contributed by atoms with van der Waals surface area (Å²) in [6.45, 7) is 6.03. The molecule has 4 aliphatic rings. The van der Waals surface area contributed by atoms with E-state index in [1.54, 1.807) is 0 Å². The van der Waals surface area contributed by atoms with Crippen LogP contribution in [0.25, 0.3) is 0 Å². The average Bonchev–Trinajstić information content (AvgIpc) is 2.73. The number of amides is 1. The standard InChI is InChI=1S/C26H30N2O/c1-3-25(29)28-24-7-5-4-6-23(24)27-22-10-8-21(9-11-22)26-14-18-12-19(15-26)17(2)20(13-18)16-26/h3-11,17-20,27H,1,12-16H2,2H3,(H,28,29). The Labute approximate surface area is 173 Å². The number of hydrogen-bond acceptors (Lipinski definition) is 2. The Kier molecular flexibility index (Phi) is 4.49. The zero-order valence-electron chi connectivity index (χ0n) is 17.2. The molecule has 2 aromatic rings. The highest BCUT2D eigenvalue weighted by Crippen LogP contribution is 2.62. The fraction of sp³-hybridized carbons (Fsp3) is 0.423. The van der Waals surface area contributed by atoms with Gasteiger partial charge in [0.2, 0.25) is 5.91 Å². The molecule has 0 heterocycles. The molecule has 3 nitrogen and oxygen atoms in total. The highest BCUT2D eigenvalue weighted by atomic mass is 16.1. The number of anilines is 3. The quantitative estimate of drug-likeness (QED) is 0.595. The third-order valence-corrected chi connectivity index (χ3v) is 7.89. The smallest absolute Gasteiger partial charge is 0.247 e. The lowest BCUT2D eigenvalue weighted by molar-refractivity contribution is -0.111.